The molecule has 0 unspecified atom stereocenters. The maximum Gasteiger partial charge on any atom is 0.390 e. The van der Waals surface area contributed by atoms with Crippen molar-refractivity contribution in [3.8, 4) is 0 Å². The fraction of sp³-hybridized carbons (Fsp3) is 1.00. The number of hydrogen-bond donors (Lipinski definition) is 0. The van der Waals surface area contributed by atoms with E-state index >= 15 is 0 Å². The second-order valence-electron chi connectivity index (χ2n) is 4.29. The van der Waals surface area contributed by atoms with Gasteiger partial charge in [0.05, 0.1) is 12.2 Å². The third kappa shape index (κ3) is 7.92. The predicted octanol–water partition coefficient (Wildman–Crippen LogP) is 3.17. The summed E-state index contributed by atoms with van der Waals surface area (Å²) in [5.41, 5.74) is 0. The Balaban J connectivity index is 4.53. The minimum absolute atomic E-state index is 0.316. The smallest absolute Gasteiger partial charge is 0.212 e. The van der Waals surface area contributed by atoms with Crippen molar-refractivity contribution in [1.82, 2.24) is 4.31 Å². The van der Waals surface area contributed by atoms with Crippen LogP contribution in [0.5, 0.6) is 0 Å². The van der Waals surface area contributed by atoms with Gasteiger partial charge in [-0.1, -0.05) is 26.7 Å². The zero-order chi connectivity index (χ0) is 14.2. The molecule has 110 valence electrons. The van der Waals surface area contributed by atoms with E-state index in [2.05, 4.69) is 0 Å². The number of alkyl halides is 3. The monoisotopic (exact) mass is 289 g/mol. The highest BCUT2D eigenvalue weighted by atomic mass is 32.2. The van der Waals surface area contributed by atoms with Crippen molar-refractivity contribution in [2.45, 2.75) is 52.1 Å². The third-order valence-corrected chi connectivity index (χ3v) is 4.43. The van der Waals surface area contributed by atoms with Gasteiger partial charge in [0.2, 0.25) is 10.0 Å². The summed E-state index contributed by atoms with van der Waals surface area (Å²) in [6.45, 7) is 4.47. The summed E-state index contributed by atoms with van der Waals surface area (Å²) in [4.78, 5) is 0. The molecule has 0 saturated heterocycles. The maximum atomic E-state index is 12.1. The summed E-state index contributed by atoms with van der Waals surface area (Å²) in [7, 11) is -3.79. The Labute approximate surface area is 107 Å². The fourth-order valence-electron chi connectivity index (χ4n) is 1.43. The zero-order valence-electron chi connectivity index (χ0n) is 11.0. The van der Waals surface area contributed by atoms with Gasteiger partial charge in [-0.05, 0) is 12.8 Å². The van der Waals surface area contributed by atoms with E-state index in [9.17, 15) is 21.6 Å². The van der Waals surface area contributed by atoms with Gasteiger partial charge in [-0.25, -0.2) is 12.7 Å². The van der Waals surface area contributed by atoms with Crippen LogP contribution >= 0.6 is 0 Å². The van der Waals surface area contributed by atoms with Crippen LogP contribution in [0.1, 0.15) is 46.0 Å². The second-order valence-corrected chi connectivity index (χ2v) is 6.38. The van der Waals surface area contributed by atoms with Crippen LogP contribution in [0.15, 0.2) is 0 Å². The van der Waals surface area contributed by atoms with Crippen LogP contribution in [0.25, 0.3) is 0 Å². The van der Waals surface area contributed by atoms with Crippen molar-refractivity contribution in [1.29, 1.82) is 0 Å². The Bertz CT molecular complexity index is 307. The van der Waals surface area contributed by atoms with Gasteiger partial charge in [-0.15, -0.1) is 0 Å². The molecule has 0 spiro atoms. The molecule has 0 fully saturated rings. The Kier molecular flexibility index (Phi) is 7.86. The minimum Gasteiger partial charge on any atom is -0.212 e. The van der Waals surface area contributed by atoms with Gasteiger partial charge in [0.25, 0.3) is 0 Å². The largest absolute Gasteiger partial charge is 0.390 e. The van der Waals surface area contributed by atoms with Crippen molar-refractivity contribution < 1.29 is 21.6 Å². The van der Waals surface area contributed by atoms with E-state index in [4.69, 9.17) is 0 Å². The molecule has 0 N–H and O–H groups in total. The molecule has 0 aliphatic rings. The number of nitrogens with zero attached hydrogens (tertiary/aromatic N) is 1. The third-order valence-electron chi connectivity index (χ3n) is 2.56. The Morgan fingerprint density at radius 1 is 1.00 bits per heavy atom. The van der Waals surface area contributed by atoms with E-state index in [1.807, 2.05) is 13.8 Å². The first-order valence-electron chi connectivity index (χ1n) is 6.27. The van der Waals surface area contributed by atoms with Gasteiger partial charge in [0, 0.05) is 13.1 Å². The summed E-state index contributed by atoms with van der Waals surface area (Å²) >= 11 is 0. The standard InChI is InChI=1S/C11H22F3NO2S/c1-3-5-8-15(9-6-4-2)18(16,17)10-7-11(12,13)14/h3-10H2,1-2H3. The highest BCUT2D eigenvalue weighted by Crippen LogP contribution is 2.21. The molecule has 0 saturated carbocycles. The Morgan fingerprint density at radius 3 is 1.78 bits per heavy atom. The molecule has 0 rings (SSSR count). The van der Waals surface area contributed by atoms with Gasteiger partial charge in [-0.3, -0.25) is 0 Å². The molecule has 0 aromatic heterocycles. The van der Waals surface area contributed by atoms with Crippen LogP contribution in [0.3, 0.4) is 0 Å². The number of hydrogen-bond acceptors (Lipinski definition) is 2. The minimum atomic E-state index is -4.42. The normalized spacial score (nSPS) is 13.2. The van der Waals surface area contributed by atoms with E-state index in [0.29, 0.717) is 25.9 Å². The van der Waals surface area contributed by atoms with E-state index in [1.165, 1.54) is 4.31 Å². The lowest BCUT2D eigenvalue weighted by Crippen LogP contribution is -2.36. The molecular weight excluding hydrogens is 267 g/mol. The van der Waals surface area contributed by atoms with Crippen molar-refractivity contribution in [3.05, 3.63) is 0 Å². The molecule has 7 heteroatoms. The molecular formula is C11H22F3NO2S. The summed E-state index contributed by atoms with van der Waals surface area (Å²) in [6, 6.07) is 0. The Hall–Kier alpha value is -0.300. The van der Waals surface area contributed by atoms with Gasteiger partial charge >= 0.3 is 6.18 Å². The number of unbranched alkanes of at least 4 members (excludes halogenated alkanes) is 2. The number of rotatable bonds is 9. The molecule has 18 heavy (non-hydrogen) atoms. The summed E-state index contributed by atoms with van der Waals surface area (Å²) in [6.07, 6.45) is -2.71. The van der Waals surface area contributed by atoms with Crippen molar-refractivity contribution >= 4 is 10.0 Å². The number of halogens is 3. The van der Waals surface area contributed by atoms with Crippen molar-refractivity contribution in [2.75, 3.05) is 18.8 Å². The van der Waals surface area contributed by atoms with Crippen LogP contribution in [0.4, 0.5) is 13.2 Å². The lowest BCUT2D eigenvalue weighted by molar-refractivity contribution is -0.130. The molecule has 0 heterocycles. The van der Waals surface area contributed by atoms with Crippen LogP contribution < -0.4 is 0 Å². The first-order chi connectivity index (χ1) is 8.23. The van der Waals surface area contributed by atoms with E-state index in [1.54, 1.807) is 0 Å². The molecule has 0 atom stereocenters. The molecule has 0 aromatic rings. The van der Waals surface area contributed by atoms with Crippen molar-refractivity contribution in [3.63, 3.8) is 0 Å². The van der Waals surface area contributed by atoms with Crippen LogP contribution in [0, 0.1) is 0 Å². The molecule has 0 aliphatic carbocycles. The van der Waals surface area contributed by atoms with E-state index in [-0.39, 0.29) is 0 Å². The van der Waals surface area contributed by atoms with Crippen LogP contribution in [-0.2, 0) is 10.0 Å². The van der Waals surface area contributed by atoms with Gasteiger partial charge in [-0.2, -0.15) is 13.2 Å². The molecule has 0 radical (unpaired) electrons. The molecule has 0 aliphatic heterocycles. The molecule has 0 aromatic carbocycles. The lowest BCUT2D eigenvalue weighted by atomic mass is 10.3. The summed E-state index contributed by atoms with van der Waals surface area (Å²) < 4.78 is 61.0. The van der Waals surface area contributed by atoms with E-state index < -0.39 is 28.4 Å². The number of sulfonamides is 1. The van der Waals surface area contributed by atoms with Gasteiger partial charge < -0.3 is 0 Å². The first kappa shape index (κ1) is 17.7. The lowest BCUT2D eigenvalue weighted by Gasteiger charge is -2.22. The molecule has 0 bridgehead atoms. The SMILES string of the molecule is CCCCN(CCCC)S(=O)(=O)CCC(F)(F)F. The topological polar surface area (TPSA) is 37.4 Å². The van der Waals surface area contributed by atoms with Gasteiger partial charge in [0.15, 0.2) is 0 Å². The maximum absolute atomic E-state index is 12.1. The van der Waals surface area contributed by atoms with Crippen LogP contribution in [-0.4, -0.2) is 37.7 Å². The molecule has 0 amide bonds. The highest BCUT2D eigenvalue weighted by molar-refractivity contribution is 7.89. The summed E-state index contributed by atoms with van der Waals surface area (Å²) in [5.74, 6) is -0.843. The Morgan fingerprint density at radius 2 is 1.44 bits per heavy atom. The first-order valence-corrected chi connectivity index (χ1v) is 7.88. The average molecular weight is 289 g/mol. The quantitative estimate of drug-likeness (QED) is 0.654. The highest BCUT2D eigenvalue weighted by Gasteiger charge is 2.32. The van der Waals surface area contributed by atoms with Gasteiger partial charge in [0.1, 0.15) is 0 Å². The fourth-order valence-corrected chi connectivity index (χ4v) is 2.99. The zero-order valence-corrected chi connectivity index (χ0v) is 11.8. The summed E-state index contributed by atoms with van der Waals surface area (Å²) in [5, 5.41) is 0. The van der Waals surface area contributed by atoms with E-state index in [0.717, 1.165) is 12.8 Å². The average Bonchev–Trinajstić information content (AvgIpc) is 2.25. The molecule has 3 nitrogen and oxygen atoms in total. The van der Waals surface area contributed by atoms with Crippen LogP contribution in [0.2, 0.25) is 0 Å². The predicted molar refractivity (Wildman–Crippen MR) is 65.8 cm³/mol. The second kappa shape index (κ2) is 7.99. The van der Waals surface area contributed by atoms with Crippen molar-refractivity contribution in [2.24, 2.45) is 0 Å².